The van der Waals surface area contributed by atoms with Crippen LogP contribution in [0.2, 0.25) is 5.02 Å². The van der Waals surface area contributed by atoms with Crippen LogP contribution in [0.25, 0.3) is 0 Å². The molecule has 0 aliphatic carbocycles. The van der Waals surface area contributed by atoms with Gasteiger partial charge in [-0.05, 0) is 55.5 Å². The normalized spacial score (nSPS) is 23.2. The average molecular weight is 296 g/mol. The molecule has 1 N–H and O–H groups in total. The van der Waals surface area contributed by atoms with Crippen LogP contribution in [0, 0.1) is 5.92 Å². The summed E-state index contributed by atoms with van der Waals surface area (Å²) in [7, 11) is 2.03. The van der Waals surface area contributed by atoms with E-state index in [0.29, 0.717) is 12.0 Å². The van der Waals surface area contributed by atoms with Crippen LogP contribution in [-0.2, 0) is 17.6 Å². The summed E-state index contributed by atoms with van der Waals surface area (Å²) in [6.45, 7) is 2.54. The van der Waals surface area contributed by atoms with Gasteiger partial charge in [0.25, 0.3) is 0 Å². The SMILES string of the molecule is CNC(Cc1cc(Cl)cc2c1OCC2)C1CCCOC1. The smallest absolute Gasteiger partial charge is 0.125 e. The van der Waals surface area contributed by atoms with Crippen molar-refractivity contribution in [3.05, 3.63) is 28.3 Å². The predicted octanol–water partition coefficient (Wildman–Crippen LogP) is 2.83. The van der Waals surface area contributed by atoms with Crippen molar-refractivity contribution >= 4 is 11.6 Å². The van der Waals surface area contributed by atoms with E-state index in [-0.39, 0.29) is 0 Å². The summed E-state index contributed by atoms with van der Waals surface area (Å²) in [5.41, 5.74) is 2.48. The van der Waals surface area contributed by atoms with Crippen LogP contribution in [0.3, 0.4) is 0 Å². The van der Waals surface area contributed by atoms with Crippen LogP contribution in [0.5, 0.6) is 5.75 Å². The third-order valence-electron chi connectivity index (χ3n) is 4.40. The molecule has 0 aromatic heterocycles. The fraction of sp³-hybridized carbons (Fsp3) is 0.625. The molecule has 1 aromatic rings. The number of fused-ring (bicyclic) bond motifs is 1. The van der Waals surface area contributed by atoms with Gasteiger partial charge in [0.05, 0.1) is 13.2 Å². The van der Waals surface area contributed by atoms with Gasteiger partial charge in [-0.15, -0.1) is 0 Å². The number of rotatable bonds is 4. The Morgan fingerprint density at radius 1 is 1.40 bits per heavy atom. The largest absolute Gasteiger partial charge is 0.493 e. The molecule has 2 atom stereocenters. The first-order valence-electron chi connectivity index (χ1n) is 7.47. The average Bonchev–Trinajstić information content (AvgIpc) is 2.93. The maximum Gasteiger partial charge on any atom is 0.125 e. The number of likely N-dealkylation sites (N-methyl/N-ethyl adjacent to an activating group) is 1. The van der Waals surface area contributed by atoms with Crippen molar-refractivity contribution in [3.63, 3.8) is 0 Å². The molecule has 0 spiro atoms. The zero-order chi connectivity index (χ0) is 13.9. The van der Waals surface area contributed by atoms with Crippen LogP contribution in [0.4, 0.5) is 0 Å². The van der Waals surface area contributed by atoms with Gasteiger partial charge in [0.1, 0.15) is 5.75 Å². The first kappa shape index (κ1) is 14.2. The van der Waals surface area contributed by atoms with Crippen molar-refractivity contribution in [2.75, 3.05) is 26.9 Å². The standard InChI is InChI=1S/C16H22ClNO2/c1-18-15(12-3-2-5-19-10-12)9-13-8-14(17)7-11-4-6-20-16(11)13/h7-8,12,15,18H,2-6,9-10H2,1H3. The van der Waals surface area contributed by atoms with Crippen LogP contribution in [0.1, 0.15) is 24.0 Å². The minimum atomic E-state index is 0.419. The van der Waals surface area contributed by atoms with Gasteiger partial charge in [0.2, 0.25) is 0 Å². The van der Waals surface area contributed by atoms with Crippen LogP contribution >= 0.6 is 11.6 Å². The molecule has 110 valence electrons. The van der Waals surface area contributed by atoms with Gasteiger partial charge in [-0.25, -0.2) is 0 Å². The minimum absolute atomic E-state index is 0.419. The number of benzene rings is 1. The lowest BCUT2D eigenvalue weighted by molar-refractivity contribution is 0.0404. The predicted molar refractivity (Wildman–Crippen MR) is 80.7 cm³/mol. The summed E-state index contributed by atoms with van der Waals surface area (Å²) in [6, 6.07) is 4.51. The van der Waals surface area contributed by atoms with Gasteiger partial charge >= 0.3 is 0 Å². The topological polar surface area (TPSA) is 30.5 Å². The van der Waals surface area contributed by atoms with Crippen molar-refractivity contribution in [2.24, 2.45) is 5.92 Å². The summed E-state index contributed by atoms with van der Waals surface area (Å²) >= 11 is 6.24. The number of hydrogen-bond donors (Lipinski definition) is 1. The van der Waals surface area contributed by atoms with E-state index in [2.05, 4.69) is 11.4 Å². The maximum absolute atomic E-state index is 6.24. The molecule has 0 radical (unpaired) electrons. The van der Waals surface area contributed by atoms with E-state index in [4.69, 9.17) is 21.1 Å². The van der Waals surface area contributed by atoms with E-state index in [1.54, 1.807) is 0 Å². The minimum Gasteiger partial charge on any atom is -0.493 e. The molecule has 2 aliphatic rings. The maximum atomic E-state index is 6.24. The molecule has 2 aliphatic heterocycles. The third kappa shape index (κ3) is 2.95. The molecule has 3 rings (SSSR count). The molecule has 3 nitrogen and oxygen atoms in total. The molecule has 2 heterocycles. The molecule has 4 heteroatoms. The Morgan fingerprint density at radius 3 is 3.05 bits per heavy atom. The van der Waals surface area contributed by atoms with E-state index in [0.717, 1.165) is 49.9 Å². The second-order valence-corrected chi connectivity index (χ2v) is 6.16. The van der Waals surface area contributed by atoms with Crippen molar-refractivity contribution in [2.45, 2.75) is 31.7 Å². The van der Waals surface area contributed by atoms with E-state index >= 15 is 0 Å². The Bertz CT molecular complexity index is 472. The lowest BCUT2D eigenvalue weighted by Crippen LogP contribution is -2.39. The van der Waals surface area contributed by atoms with Crippen LogP contribution in [-0.4, -0.2) is 32.9 Å². The van der Waals surface area contributed by atoms with Gasteiger partial charge in [0.15, 0.2) is 0 Å². The highest BCUT2D eigenvalue weighted by Crippen LogP contribution is 2.34. The Hall–Kier alpha value is -0.770. The summed E-state index contributed by atoms with van der Waals surface area (Å²) in [5, 5.41) is 4.27. The number of halogens is 1. The molecule has 0 saturated carbocycles. The van der Waals surface area contributed by atoms with Crippen molar-refractivity contribution in [1.29, 1.82) is 0 Å². The molecule has 2 unspecified atom stereocenters. The molecular weight excluding hydrogens is 274 g/mol. The van der Waals surface area contributed by atoms with Gasteiger partial charge in [-0.3, -0.25) is 0 Å². The Balaban J connectivity index is 1.78. The van der Waals surface area contributed by atoms with Gasteiger partial charge < -0.3 is 14.8 Å². The number of ether oxygens (including phenoxy) is 2. The van der Waals surface area contributed by atoms with E-state index < -0.39 is 0 Å². The molecule has 1 aromatic carbocycles. The van der Waals surface area contributed by atoms with E-state index in [9.17, 15) is 0 Å². The molecule has 1 fully saturated rings. The molecular formula is C16H22ClNO2. The lowest BCUT2D eigenvalue weighted by atomic mass is 9.88. The Labute approximate surface area is 125 Å². The van der Waals surface area contributed by atoms with Crippen molar-refractivity contribution in [3.8, 4) is 5.75 Å². The fourth-order valence-corrected chi connectivity index (χ4v) is 3.59. The highest BCUT2D eigenvalue weighted by molar-refractivity contribution is 6.30. The fourth-order valence-electron chi connectivity index (χ4n) is 3.32. The zero-order valence-electron chi connectivity index (χ0n) is 12.0. The van der Waals surface area contributed by atoms with Crippen molar-refractivity contribution in [1.82, 2.24) is 5.32 Å². The molecule has 0 amide bonds. The Morgan fingerprint density at radius 2 is 2.30 bits per heavy atom. The van der Waals surface area contributed by atoms with E-state index in [1.165, 1.54) is 17.5 Å². The Kier molecular flexibility index (Phi) is 4.49. The summed E-state index contributed by atoms with van der Waals surface area (Å²) in [4.78, 5) is 0. The molecule has 20 heavy (non-hydrogen) atoms. The van der Waals surface area contributed by atoms with Gasteiger partial charge in [-0.2, -0.15) is 0 Å². The summed E-state index contributed by atoms with van der Waals surface area (Å²) in [6.07, 6.45) is 4.31. The van der Waals surface area contributed by atoms with Gasteiger partial charge in [0, 0.05) is 24.1 Å². The van der Waals surface area contributed by atoms with Gasteiger partial charge in [-0.1, -0.05) is 11.6 Å². The first-order valence-corrected chi connectivity index (χ1v) is 7.85. The summed E-state index contributed by atoms with van der Waals surface area (Å²) in [5.74, 6) is 1.64. The third-order valence-corrected chi connectivity index (χ3v) is 4.62. The molecule has 1 saturated heterocycles. The lowest BCUT2D eigenvalue weighted by Gasteiger charge is -2.30. The first-order chi connectivity index (χ1) is 9.78. The monoisotopic (exact) mass is 295 g/mol. The summed E-state index contributed by atoms with van der Waals surface area (Å²) < 4.78 is 11.4. The van der Waals surface area contributed by atoms with Crippen molar-refractivity contribution < 1.29 is 9.47 Å². The second-order valence-electron chi connectivity index (χ2n) is 5.73. The molecule has 0 bridgehead atoms. The van der Waals surface area contributed by atoms with Crippen LogP contribution < -0.4 is 10.1 Å². The van der Waals surface area contributed by atoms with E-state index in [1.807, 2.05) is 13.1 Å². The number of hydrogen-bond acceptors (Lipinski definition) is 3. The quantitative estimate of drug-likeness (QED) is 0.926. The highest BCUT2D eigenvalue weighted by Gasteiger charge is 2.26. The highest BCUT2D eigenvalue weighted by atomic mass is 35.5. The van der Waals surface area contributed by atoms with Crippen LogP contribution in [0.15, 0.2) is 12.1 Å². The second kappa shape index (κ2) is 6.33. The zero-order valence-corrected chi connectivity index (χ0v) is 12.7. The number of nitrogens with one attached hydrogen (secondary N) is 1.